The van der Waals surface area contributed by atoms with Gasteiger partial charge in [0.2, 0.25) is 0 Å². The summed E-state index contributed by atoms with van der Waals surface area (Å²) >= 11 is 0. The Morgan fingerprint density at radius 3 is 2.23 bits per heavy atom. The molecule has 1 aliphatic rings. The molecule has 39 heavy (non-hydrogen) atoms. The molecule has 1 aliphatic heterocycles. The van der Waals surface area contributed by atoms with Gasteiger partial charge in [-0.05, 0) is 92.4 Å². The molecule has 0 atom stereocenters. The van der Waals surface area contributed by atoms with Gasteiger partial charge in [-0.1, -0.05) is 17.7 Å². The molecule has 0 spiro atoms. The molecule has 0 saturated carbocycles. The number of piperidine rings is 1. The van der Waals surface area contributed by atoms with E-state index in [1.54, 1.807) is 72.8 Å². The molecule has 1 N–H and O–H groups in total. The summed E-state index contributed by atoms with van der Waals surface area (Å²) in [6, 6.07) is 19.9. The molecule has 1 saturated heterocycles. The highest BCUT2D eigenvalue weighted by Crippen LogP contribution is 2.23. The van der Waals surface area contributed by atoms with Crippen molar-refractivity contribution >= 4 is 33.7 Å². The number of likely N-dealkylation sites (tertiary alicyclic amines) is 1. The van der Waals surface area contributed by atoms with E-state index in [-0.39, 0.29) is 17.4 Å². The van der Waals surface area contributed by atoms with E-state index in [0.29, 0.717) is 17.0 Å². The third-order valence-corrected chi connectivity index (χ3v) is 8.30. The second-order valence-electron chi connectivity index (χ2n) is 9.33. The third-order valence-electron chi connectivity index (χ3n) is 6.50. The largest absolute Gasteiger partial charge is 0.484 e. The highest BCUT2D eigenvalue weighted by atomic mass is 32.2. The number of benzene rings is 3. The lowest BCUT2D eigenvalue weighted by molar-refractivity contribution is -0.134. The Bertz CT molecular complexity index is 1410. The monoisotopic (exact) mass is 548 g/mol. The van der Waals surface area contributed by atoms with Crippen molar-refractivity contribution in [3.05, 3.63) is 89.5 Å². The van der Waals surface area contributed by atoms with Gasteiger partial charge in [0.05, 0.1) is 16.8 Å². The van der Waals surface area contributed by atoms with Crippen LogP contribution >= 0.6 is 0 Å². The van der Waals surface area contributed by atoms with Crippen molar-refractivity contribution in [2.24, 2.45) is 5.10 Å². The summed E-state index contributed by atoms with van der Waals surface area (Å²) in [5.41, 5.74) is 4.93. The Morgan fingerprint density at radius 1 is 0.949 bits per heavy atom. The van der Waals surface area contributed by atoms with Gasteiger partial charge >= 0.3 is 0 Å². The molecule has 2 amide bonds. The van der Waals surface area contributed by atoms with Crippen molar-refractivity contribution in [1.29, 1.82) is 0 Å². The molecule has 0 aliphatic carbocycles. The summed E-state index contributed by atoms with van der Waals surface area (Å²) in [5, 5.41) is 3.99. The molecule has 204 valence electrons. The first kappa shape index (κ1) is 27.8. The van der Waals surface area contributed by atoms with Crippen molar-refractivity contribution < 1.29 is 22.7 Å². The number of aryl methyl sites for hydroxylation is 1. The van der Waals surface area contributed by atoms with Crippen LogP contribution < -0.4 is 14.5 Å². The second kappa shape index (κ2) is 12.6. The zero-order valence-electron chi connectivity index (χ0n) is 22.0. The number of nitrogens with one attached hydrogen (secondary N) is 1. The number of carbonyl (C=O) groups is 2. The summed E-state index contributed by atoms with van der Waals surface area (Å²) in [4.78, 5) is 26.8. The van der Waals surface area contributed by atoms with Crippen LogP contribution in [0, 0.1) is 6.92 Å². The Labute approximate surface area is 229 Å². The first-order chi connectivity index (χ1) is 18.7. The molecular weight excluding hydrogens is 516 g/mol. The molecule has 0 aromatic heterocycles. The van der Waals surface area contributed by atoms with E-state index < -0.39 is 15.9 Å². The van der Waals surface area contributed by atoms with Gasteiger partial charge in [-0.15, -0.1) is 0 Å². The topological polar surface area (TPSA) is 108 Å². The van der Waals surface area contributed by atoms with Crippen LogP contribution in [0.2, 0.25) is 0 Å². The van der Waals surface area contributed by atoms with Gasteiger partial charge in [-0.2, -0.15) is 5.10 Å². The number of rotatable bonds is 9. The lowest BCUT2D eigenvalue weighted by Gasteiger charge is -2.26. The number of amides is 2. The minimum atomic E-state index is -3.72. The predicted molar refractivity (Wildman–Crippen MR) is 151 cm³/mol. The van der Waals surface area contributed by atoms with Crippen LogP contribution in [-0.2, 0) is 14.8 Å². The van der Waals surface area contributed by atoms with Gasteiger partial charge in [-0.25, -0.2) is 13.8 Å². The van der Waals surface area contributed by atoms with Crippen molar-refractivity contribution in [3.63, 3.8) is 0 Å². The van der Waals surface area contributed by atoms with Gasteiger partial charge in [0.25, 0.3) is 21.8 Å². The van der Waals surface area contributed by atoms with Crippen molar-refractivity contribution in [2.75, 3.05) is 31.0 Å². The van der Waals surface area contributed by atoms with Crippen molar-refractivity contribution in [1.82, 2.24) is 10.3 Å². The van der Waals surface area contributed by atoms with E-state index in [0.717, 1.165) is 37.1 Å². The minimum Gasteiger partial charge on any atom is -0.484 e. The van der Waals surface area contributed by atoms with E-state index in [4.69, 9.17) is 4.74 Å². The molecule has 1 heterocycles. The van der Waals surface area contributed by atoms with Crippen LogP contribution in [0.5, 0.6) is 5.75 Å². The normalized spacial score (nSPS) is 13.7. The van der Waals surface area contributed by atoms with E-state index in [1.807, 2.05) is 11.8 Å². The maximum absolute atomic E-state index is 12.9. The standard InChI is InChI=1S/C29H32N4O5S/c1-22-6-16-27(17-7-22)39(36,37)32(2)25-12-10-24(11-13-25)29(35)31-30-20-23-8-14-26(15-9-23)38-21-28(34)33-18-4-3-5-19-33/h6-17,20H,3-5,18-19,21H2,1-2H3,(H,31,35)/b30-20-. The lowest BCUT2D eigenvalue weighted by atomic mass is 10.1. The van der Waals surface area contributed by atoms with E-state index in [2.05, 4.69) is 10.5 Å². The molecule has 0 unspecified atom stereocenters. The van der Waals surface area contributed by atoms with Crippen LogP contribution in [0.25, 0.3) is 0 Å². The summed E-state index contributed by atoms with van der Waals surface area (Å²) in [6.45, 7) is 3.48. The number of sulfonamides is 1. The molecule has 9 nitrogen and oxygen atoms in total. The van der Waals surface area contributed by atoms with Crippen molar-refractivity contribution in [3.8, 4) is 5.75 Å². The number of hydrazone groups is 1. The van der Waals surface area contributed by atoms with E-state index >= 15 is 0 Å². The Balaban J connectivity index is 1.28. The first-order valence-corrected chi connectivity index (χ1v) is 14.2. The van der Waals surface area contributed by atoms with Crippen molar-refractivity contribution in [2.45, 2.75) is 31.1 Å². The van der Waals surface area contributed by atoms with Gasteiger partial charge in [0, 0.05) is 25.7 Å². The van der Waals surface area contributed by atoms with Gasteiger partial charge < -0.3 is 9.64 Å². The maximum Gasteiger partial charge on any atom is 0.271 e. The number of carbonyl (C=O) groups excluding carboxylic acids is 2. The Morgan fingerprint density at radius 2 is 1.59 bits per heavy atom. The molecule has 3 aromatic carbocycles. The zero-order chi connectivity index (χ0) is 27.8. The lowest BCUT2D eigenvalue weighted by Crippen LogP contribution is -2.38. The SMILES string of the molecule is Cc1ccc(S(=O)(=O)N(C)c2ccc(C(=O)N/N=C\c3ccc(OCC(=O)N4CCCCC4)cc3)cc2)cc1. The summed E-state index contributed by atoms with van der Waals surface area (Å²) < 4.78 is 32.6. The average Bonchev–Trinajstić information content (AvgIpc) is 2.97. The number of nitrogens with zero attached hydrogens (tertiary/aromatic N) is 3. The Hall–Kier alpha value is -4.18. The molecule has 1 fully saturated rings. The number of ether oxygens (including phenoxy) is 1. The Kier molecular flexibility index (Phi) is 8.98. The fraction of sp³-hybridized carbons (Fsp3) is 0.276. The number of hydrogen-bond donors (Lipinski definition) is 1. The van der Waals surface area contributed by atoms with E-state index in [9.17, 15) is 18.0 Å². The highest BCUT2D eigenvalue weighted by molar-refractivity contribution is 7.92. The summed E-state index contributed by atoms with van der Waals surface area (Å²) in [5.74, 6) is 0.143. The second-order valence-corrected chi connectivity index (χ2v) is 11.3. The number of anilines is 1. The maximum atomic E-state index is 12.9. The zero-order valence-corrected chi connectivity index (χ0v) is 22.9. The van der Waals surface area contributed by atoms with Crippen LogP contribution in [0.15, 0.2) is 82.8 Å². The molecule has 0 radical (unpaired) electrons. The van der Waals surface area contributed by atoms with Gasteiger partial charge in [0.1, 0.15) is 5.75 Å². The highest BCUT2D eigenvalue weighted by Gasteiger charge is 2.21. The van der Waals surface area contributed by atoms with Crippen LogP contribution in [0.1, 0.15) is 40.7 Å². The third kappa shape index (κ3) is 7.23. The van der Waals surface area contributed by atoms with E-state index in [1.165, 1.54) is 24.0 Å². The molecule has 3 aromatic rings. The smallest absolute Gasteiger partial charge is 0.271 e. The fourth-order valence-electron chi connectivity index (χ4n) is 4.09. The number of hydrogen-bond acceptors (Lipinski definition) is 6. The molecular formula is C29H32N4O5S. The predicted octanol–water partition coefficient (Wildman–Crippen LogP) is 3.98. The van der Waals surface area contributed by atoms with Crippen LogP contribution in [0.4, 0.5) is 5.69 Å². The fourth-order valence-corrected chi connectivity index (χ4v) is 5.29. The average molecular weight is 549 g/mol. The molecule has 10 heteroatoms. The van der Waals surface area contributed by atoms with Gasteiger partial charge in [-0.3, -0.25) is 13.9 Å². The van der Waals surface area contributed by atoms with Crippen LogP contribution in [0.3, 0.4) is 0 Å². The first-order valence-electron chi connectivity index (χ1n) is 12.7. The minimum absolute atomic E-state index is 0.00406. The quantitative estimate of drug-likeness (QED) is 0.322. The molecule has 0 bridgehead atoms. The summed E-state index contributed by atoms with van der Waals surface area (Å²) in [6.07, 6.45) is 4.74. The van der Waals surface area contributed by atoms with Crippen LogP contribution in [-0.4, -0.2) is 58.1 Å². The van der Waals surface area contributed by atoms with Gasteiger partial charge in [0.15, 0.2) is 6.61 Å². The molecule has 4 rings (SSSR count). The summed E-state index contributed by atoms with van der Waals surface area (Å²) in [7, 11) is -2.25.